The first-order valence-corrected chi connectivity index (χ1v) is 9.19. The number of aromatic carboxylic acids is 1. The molecule has 0 unspecified atom stereocenters. The van der Waals surface area contributed by atoms with Gasteiger partial charge in [0.25, 0.3) is 5.91 Å². The fourth-order valence-electron chi connectivity index (χ4n) is 3.35. The van der Waals surface area contributed by atoms with Crippen LogP contribution in [-0.4, -0.2) is 45.0 Å². The minimum Gasteiger partial charge on any atom is -0.496 e. The van der Waals surface area contributed by atoms with Crippen molar-refractivity contribution in [3.63, 3.8) is 0 Å². The lowest BCUT2D eigenvalue weighted by atomic mass is 10.1. The Labute approximate surface area is 168 Å². The highest BCUT2D eigenvalue weighted by molar-refractivity contribution is 5.97. The first-order chi connectivity index (χ1) is 13.8. The van der Waals surface area contributed by atoms with Gasteiger partial charge in [-0.15, -0.1) is 0 Å². The van der Waals surface area contributed by atoms with Gasteiger partial charge in [-0.05, 0) is 50.1 Å². The highest BCUT2D eigenvalue weighted by Crippen LogP contribution is 2.22. The van der Waals surface area contributed by atoms with Crippen LogP contribution in [0.5, 0.6) is 5.75 Å². The SMILES string of the molecule is COc1cc(C(=O)O)ccc1CCNC(=O)c1cnn(C)c1-n1c(C)ccc1C. The van der Waals surface area contributed by atoms with E-state index in [1.54, 1.807) is 24.0 Å². The van der Waals surface area contributed by atoms with Gasteiger partial charge in [0, 0.05) is 25.0 Å². The number of amides is 1. The molecule has 2 aromatic heterocycles. The maximum Gasteiger partial charge on any atom is 0.335 e. The van der Waals surface area contributed by atoms with Crippen LogP contribution in [0.3, 0.4) is 0 Å². The molecule has 2 N–H and O–H groups in total. The van der Waals surface area contributed by atoms with E-state index in [2.05, 4.69) is 10.4 Å². The number of carbonyl (C=O) groups excluding carboxylic acids is 1. The summed E-state index contributed by atoms with van der Waals surface area (Å²) in [5.74, 6) is -0.0321. The van der Waals surface area contributed by atoms with E-state index in [9.17, 15) is 9.59 Å². The summed E-state index contributed by atoms with van der Waals surface area (Å²) in [6.07, 6.45) is 2.07. The zero-order valence-electron chi connectivity index (χ0n) is 16.9. The Morgan fingerprint density at radius 3 is 2.48 bits per heavy atom. The smallest absolute Gasteiger partial charge is 0.335 e. The Morgan fingerprint density at radius 1 is 1.17 bits per heavy atom. The average Bonchev–Trinajstić information content (AvgIpc) is 3.23. The second kappa shape index (κ2) is 8.22. The largest absolute Gasteiger partial charge is 0.496 e. The molecule has 0 atom stereocenters. The van der Waals surface area contributed by atoms with E-state index in [0.717, 1.165) is 17.0 Å². The molecule has 0 aliphatic carbocycles. The number of benzene rings is 1. The van der Waals surface area contributed by atoms with Crippen LogP contribution in [0.4, 0.5) is 0 Å². The summed E-state index contributed by atoms with van der Waals surface area (Å²) >= 11 is 0. The Bertz CT molecular complexity index is 1050. The molecule has 1 aromatic carbocycles. The molecule has 3 rings (SSSR count). The number of nitrogens with one attached hydrogen (secondary N) is 1. The number of hydrogen-bond acceptors (Lipinski definition) is 4. The third kappa shape index (κ3) is 4.01. The summed E-state index contributed by atoms with van der Waals surface area (Å²) in [6.45, 7) is 4.34. The van der Waals surface area contributed by atoms with Crippen molar-refractivity contribution >= 4 is 11.9 Å². The van der Waals surface area contributed by atoms with E-state index in [0.29, 0.717) is 30.1 Å². The Hall–Kier alpha value is -3.55. The quantitative estimate of drug-likeness (QED) is 0.639. The highest BCUT2D eigenvalue weighted by atomic mass is 16.5. The van der Waals surface area contributed by atoms with Crippen LogP contribution in [-0.2, 0) is 13.5 Å². The average molecular weight is 396 g/mol. The van der Waals surface area contributed by atoms with E-state index < -0.39 is 5.97 Å². The minimum absolute atomic E-state index is 0.159. The van der Waals surface area contributed by atoms with Crippen molar-refractivity contribution < 1.29 is 19.4 Å². The molecule has 0 radical (unpaired) electrons. The normalized spacial score (nSPS) is 10.8. The van der Waals surface area contributed by atoms with Crippen molar-refractivity contribution in [3.8, 4) is 11.6 Å². The monoisotopic (exact) mass is 396 g/mol. The summed E-state index contributed by atoms with van der Waals surface area (Å²) in [6, 6.07) is 8.71. The molecule has 1 amide bonds. The first kappa shape index (κ1) is 20.2. The van der Waals surface area contributed by atoms with Gasteiger partial charge in [0.05, 0.1) is 18.9 Å². The van der Waals surface area contributed by atoms with Gasteiger partial charge < -0.3 is 19.7 Å². The van der Waals surface area contributed by atoms with E-state index >= 15 is 0 Å². The predicted molar refractivity (Wildman–Crippen MR) is 108 cm³/mol. The fourth-order valence-corrected chi connectivity index (χ4v) is 3.35. The van der Waals surface area contributed by atoms with E-state index in [-0.39, 0.29) is 11.5 Å². The molecule has 0 saturated heterocycles. The van der Waals surface area contributed by atoms with Crippen LogP contribution in [0.15, 0.2) is 36.5 Å². The first-order valence-electron chi connectivity index (χ1n) is 9.19. The van der Waals surface area contributed by atoms with Gasteiger partial charge in [-0.25, -0.2) is 4.79 Å². The standard InChI is InChI=1S/C21H24N4O4/c1-13-5-6-14(2)25(13)20-17(12-23-24(20)3)19(26)22-10-9-15-7-8-16(21(27)28)11-18(15)29-4/h5-8,11-12H,9-10H2,1-4H3,(H,22,26)(H,27,28). The maximum absolute atomic E-state index is 12.8. The number of aromatic nitrogens is 3. The van der Waals surface area contributed by atoms with E-state index in [1.165, 1.54) is 19.2 Å². The third-order valence-electron chi connectivity index (χ3n) is 4.85. The van der Waals surface area contributed by atoms with Crippen LogP contribution < -0.4 is 10.1 Å². The van der Waals surface area contributed by atoms with Gasteiger partial charge in [-0.1, -0.05) is 6.07 Å². The molecule has 2 heterocycles. The lowest BCUT2D eigenvalue weighted by molar-refractivity contribution is 0.0696. The fraction of sp³-hybridized carbons (Fsp3) is 0.286. The van der Waals surface area contributed by atoms with Crippen LogP contribution in [0.1, 0.15) is 37.7 Å². The minimum atomic E-state index is -1.01. The van der Waals surface area contributed by atoms with Gasteiger partial charge in [0.1, 0.15) is 17.1 Å². The molecule has 3 aromatic rings. The molecule has 0 aliphatic rings. The van der Waals surface area contributed by atoms with Crippen molar-refractivity contribution in [2.75, 3.05) is 13.7 Å². The Morgan fingerprint density at radius 2 is 1.86 bits per heavy atom. The van der Waals surface area contributed by atoms with Gasteiger partial charge in [0.2, 0.25) is 0 Å². The van der Waals surface area contributed by atoms with Crippen molar-refractivity contribution in [2.45, 2.75) is 20.3 Å². The zero-order chi connectivity index (χ0) is 21.1. The molecule has 8 nitrogen and oxygen atoms in total. The van der Waals surface area contributed by atoms with Gasteiger partial charge in [0.15, 0.2) is 0 Å². The second-order valence-electron chi connectivity index (χ2n) is 6.79. The van der Waals surface area contributed by atoms with E-state index in [1.807, 2.05) is 30.5 Å². The predicted octanol–water partition coefficient (Wildman–Crippen LogP) is 2.51. The molecule has 8 heteroatoms. The highest BCUT2D eigenvalue weighted by Gasteiger charge is 2.19. The number of carbonyl (C=O) groups is 2. The number of ether oxygens (including phenoxy) is 1. The molecule has 0 fully saturated rings. The van der Waals surface area contributed by atoms with Crippen molar-refractivity contribution in [3.05, 3.63) is 64.6 Å². The zero-order valence-corrected chi connectivity index (χ0v) is 16.9. The van der Waals surface area contributed by atoms with Crippen LogP contribution in [0.25, 0.3) is 5.82 Å². The summed E-state index contributed by atoms with van der Waals surface area (Å²) in [7, 11) is 3.30. The number of carboxylic acids is 1. The lowest BCUT2D eigenvalue weighted by Gasteiger charge is -2.13. The number of aryl methyl sites for hydroxylation is 3. The molecular formula is C21H24N4O4. The lowest BCUT2D eigenvalue weighted by Crippen LogP contribution is -2.27. The van der Waals surface area contributed by atoms with Crippen molar-refractivity contribution in [1.29, 1.82) is 0 Å². The van der Waals surface area contributed by atoms with Gasteiger partial charge in [-0.3, -0.25) is 9.48 Å². The summed E-state index contributed by atoms with van der Waals surface area (Å²) < 4.78 is 8.96. The van der Waals surface area contributed by atoms with Crippen molar-refractivity contribution in [2.24, 2.45) is 7.05 Å². The third-order valence-corrected chi connectivity index (χ3v) is 4.85. The molecule has 29 heavy (non-hydrogen) atoms. The number of carboxylic acid groups (broad SMARTS) is 1. The Balaban J connectivity index is 1.74. The van der Waals surface area contributed by atoms with Gasteiger partial charge >= 0.3 is 5.97 Å². The molecular weight excluding hydrogens is 372 g/mol. The number of hydrogen-bond donors (Lipinski definition) is 2. The molecule has 0 spiro atoms. The molecule has 0 bridgehead atoms. The summed E-state index contributed by atoms with van der Waals surface area (Å²) in [5.41, 5.74) is 3.50. The van der Waals surface area contributed by atoms with Crippen LogP contribution >= 0.6 is 0 Å². The molecule has 0 aliphatic heterocycles. The summed E-state index contributed by atoms with van der Waals surface area (Å²) in [4.78, 5) is 23.9. The number of nitrogens with zero attached hydrogens (tertiary/aromatic N) is 3. The topological polar surface area (TPSA) is 98.4 Å². The van der Waals surface area contributed by atoms with Crippen LogP contribution in [0.2, 0.25) is 0 Å². The molecule has 152 valence electrons. The number of methoxy groups -OCH3 is 1. The molecule has 0 saturated carbocycles. The van der Waals surface area contributed by atoms with Crippen molar-refractivity contribution in [1.82, 2.24) is 19.7 Å². The Kier molecular flexibility index (Phi) is 5.72. The van der Waals surface area contributed by atoms with Gasteiger partial charge in [-0.2, -0.15) is 5.10 Å². The second-order valence-corrected chi connectivity index (χ2v) is 6.79. The summed E-state index contributed by atoms with van der Waals surface area (Å²) in [5, 5.41) is 16.3. The van der Waals surface area contributed by atoms with E-state index in [4.69, 9.17) is 9.84 Å². The van der Waals surface area contributed by atoms with Crippen LogP contribution in [0, 0.1) is 13.8 Å². The maximum atomic E-state index is 12.8. The number of rotatable bonds is 7.